The predicted octanol–water partition coefficient (Wildman–Crippen LogP) is 2.11. The van der Waals surface area contributed by atoms with Gasteiger partial charge >= 0.3 is 0 Å². The summed E-state index contributed by atoms with van der Waals surface area (Å²) < 4.78 is 36.4. The van der Waals surface area contributed by atoms with Gasteiger partial charge in [0, 0.05) is 24.3 Å². The molecule has 1 aliphatic rings. The van der Waals surface area contributed by atoms with Gasteiger partial charge in [0.05, 0.1) is 23.2 Å². The van der Waals surface area contributed by atoms with Crippen molar-refractivity contribution < 1.29 is 17.6 Å². The molecule has 2 unspecified atom stereocenters. The first kappa shape index (κ1) is 22.4. The summed E-state index contributed by atoms with van der Waals surface area (Å²) in [7, 11) is 0.575. The van der Waals surface area contributed by atoms with E-state index in [1.54, 1.807) is 24.1 Å². The zero-order valence-corrected chi connectivity index (χ0v) is 18.5. The molecule has 1 amide bonds. The van der Waals surface area contributed by atoms with Crippen molar-refractivity contribution in [1.82, 2.24) is 20.0 Å². The van der Waals surface area contributed by atoms with Crippen LogP contribution in [-0.4, -0.2) is 78.6 Å². The fraction of sp³-hybridized carbons (Fsp3) is 0.524. The minimum absolute atomic E-state index is 0.0558. The highest BCUT2D eigenvalue weighted by Gasteiger charge is 2.34. The topological polar surface area (TPSA) is 86.4 Å². The molecule has 0 radical (unpaired) electrons. The van der Waals surface area contributed by atoms with E-state index in [1.807, 2.05) is 24.9 Å². The van der Waals surface area contributed by atoms with Gasteiger partial charge in [-0.15, -0.1) is 0 Å². The summed E-state index contributed by atoms with van der Waals surface area (Å²) in [6.07, 6.45) is 2.12. The average molecular weight is 437 g/mol. The van der Waals surface area contributed by atoms with Gasteiger partial charge in [0.2, 0.25) is 5.91 Å². The smallest absolute Gasteiger partial charge is 0.239 e. The molecule has 30 heavy (non-hydrogen) atoms. The molecule has 2 heterocycles. The Hall–Kier alpha value is -2.26. The number of hydrogen-bond donors (Lipinski definition) is 1. The maximum Gasteiger partial charge on any atom is 0.239 e. The number of sulfone groups is 1. The van der Waals surface area contributed by atoms with Gasteiger partial charge in [0.15, 0.2) is 9.84 Å². The lowest BCUT2D eigenvalue weighted by Gasteiger charge is -2.31. The van der Waals surface area contributed by atoms with Crippen molar-refractivity contribution in [2.45, 2.75) is 38.3 Å². The van der Waals surface area contributed by atoms with Gasteiger partial charge in [-0.1, -0.05) is 0 Å². The van der Waals surface area contributed by atoms with Crippen LogP contribution in [0.3, 0.4) is 0 Å². The number of carbonyl (C=O) groups excluding carboxylic acids is 1. The molecular formula is C21H29FN4O3S. The number of likely N-dealkylation sites (N-methyl/N-ethyl adjacent to an activating group) is 2. The van der Waals surface area contributed by atoms with Crippen LogP contribution in [0.4, 0.5) is 4.39 Å². The van der Waals surface area contributed by atoms with E-state index in [-0.39, 0.29) is 35.3 Å². The SMILES string of the molecule is CC(C(=O)N(C)C1CCS(=O)(=O)C1)N(C)CCCc1cc(-c2ccc(F)cc2)n[nH]1. The molecule has 2 aromatic rings. The lowest BCUT2D eigenvalue weighted by atomic mass is 10.1. The molecule has 0 saturated carbocycles. The summed E-state index contributed by atoms with van der Waals surface area (Å²) in [5.41, 5.74) is 2.61. The normalized spacial score (nSPS) is 19.2. The molecule has 1 aliphatic heterocycles. The highest BCUT2D eigenvalue weighted by molar-refractivity contribution is 7.91. The van der Waals surface area contributed by atoms with E-state index in [0.717, 1.165) is 29.8 Å². The Labute approximate surface area is 177 Å². The summed E-state index contributed by atoms with van der Waals surface area (Å²) in [5.74, 6) is -0.118. The molecule has 3 rings (SSSR count). The quantitative estimate of drug-likeness (QED) is 0.685. The summed E-state index contributed by atoms with van der Waals surface area (Å²) in [6.45, 7) is 2.57. The molecule has 0 spiro atoms. The van der Waals surface area contributed by atoms with Crippen LogP contribution in [-0.2, 0) is 21.1 Å². The number of benzene rings is 1. The average Bonchev–Trinajstić information content (AvgIpc) is 3.33. The molecule has 1 aromatic carbocycles. The summed E-state index contributed by atoms with van der Waals surface area (Å²) in [4.78, 5) is 16.3. The van der Waals surface area contributed by atoms with Gasteiger partial charge in [0.25, 0.3) is 0 Å². The summed E-state index contributed by atoms with van der Waals surface area (Å²) >= 11 is 0. The lowest BCUT2D eigenvalue weighted by Crippen LogP contribution is -2.48. The van der Waals surface area contributed by atoms with E-state index in [9.17, 15) is 17.6 Å². The van der Waals surface area contributed by atoms with E-state index in [1.165, 1.54) is 12.1 Å². The van der Waals surface area contributed by atoms with Crippen LogP contribution in [0.25, 0.3) is 11.3 Å². The number of nitrogens with one attached hydrogen (secondary N) is 1. The Kier molecular flexibility index (Phi) is 6.92. The number of hydrogen-bond acceptors (Lipinski definition) is 5. The molecular weight excluding hydrogens is 407 g/mol. The van der Waals surface area contributed by atoms with E-state index in [0.29, 0.717) is 13.0 Å². The maximum absolute atomic E-state index is 13.1. The van der Waals surface area contributed by atoms with Crippen LogP contribution in [0.2, 0.25) is 0 Å². The molecule has 1 saturated heterocycles. The van der Waals surface area contributed by atoms with Crippen LogP contribution in [0.1, 0.15) is 25.5 Å². The summed E-state index contributed by atoms with van der Waals surface area (Å²) in [5, 5.41) is 7.30. The number of amides is 1. The van der Waals surface area contributed by atoms with Gasteiger partial charge in [0.1, 0.15) is 5.82 Å². The van der Waals surface area contributed by atoms with Crippen LogP contribution >= 0.6 is 0 Å². The molecule has 1 fully saturated rings. The first-order chi connectivity index (χ1) is 14.2. The third-order valence-corrected chi connectivity index (χ3v) is 7.60. The van der Waals surface area contributed by atoms with E-state index in [2.05, 4.69) is 10.2 Å². The van der Waals surface area contributed by atoms with Crippen molar-refractivity contribution in [2.75, 3.05) is 32.1 Å². The number of halogens is 1. The molecule has 9 heteroatoms. The second-order valence-corrected chi connectivity index (χ2v) is 10.3. The van der Waals surface area contributed by atoms with E-state index in [4.69, 9.17) is 0 Å². The number of H-pyrrole nitrogens is 1. The number of aryl methyl sites for hydroxylation is 1. The number of aromatic nitrogens is 2. The van der Waals surface area contributed by atoms with Crippen molar-refractivity contribution in [3.63, 3.8) is 0 Å². The van der Waals surface area contributed by atoms with Crippen molar-refractivity contribution >= 4 is 15.7 Å². The van der Waals surface area contributed by atoms with Crippen LogP contribution < -0.4 is 0 Å². The highest BCUT2D eigenvalue weighted by Crippen LogP contribution is 2.20. The zero-order valence-electron chi connectivity index (χ0n) is 17.6. The predicted molar refractivity (Wildman–Crippen MR) is 114 cm³/mol. The Balaban J connectivity index is 1.47. The van der Waals surface area contributed by atoms with Gasteiger partial charge in [-0.2, -0.15) is 5.10 Å². The Morgan fingerprint density at radius 3 is 2.63 bits per heavy atom. The molecule has 0 bridgehead atoms. The number of nitrogens with zero attached hydrogens (tertiary/aromatic N) is 3. The number of rotatable bonds is 8. The van der Waals surface area contributed by atoms with Gasteiger partial charge < -0.3 is 4.90 Å². The number of aromatic amines is 1. The Bertz CT molecular complexity index is 974. The van der Waals surface area contributed by atoms with Gasteiger partial charge in [-0.3, -0.25) is 14.8 Å². The second kappa shape index (κ2) is 9.26. The van der Waals surface area contributed by atoms with Crippen molar-refractivity contribution in [3.8, 4) is 11.3 Å². The fourth-order valence-electron chi connectivity index (χ4n) is 3.71. The minimum atomic E-state index is -3.02. The van der Waals surface area contributed by atoms with E-state index < -0.39 is 9.84 Å². The van der Waals surface area contributed by atoms with Crippen molar-refractivity contribution in [1.29, 1.82) is 0 Å². The van der Waals surface area contributed by atoms with Crippen molar-refractivity contribution in [2.24, 2.45) is 0 Å². The first-order valence-electron chi connectivity index (χ1n) is 10.1. The molecule has 2 atom stereocenters. The Morgan fingerprint density at radius 2 is 2.00 bits per heavy atom. The number of carbonyl (C=O) groups is 1. The molecule has 7 nitrogen and oxygen atoms in total. The third-order valence-electron chi connectivity index (χ3n) is 5.85. The fourth-order valence-corrected chi connectivity index (χ4v) is 5.49. The van der Waals surface area contributed by atoms with Gasteiger partial charge in [-0.25, -0.2) is 12.8 Å². The molecule has 1 aromatic heterocycles. The molecule has 164 valence electrons. The van der Waals surface area contributed by atoms with Crippen molar-refractivity contribution in [3.05, 3.63) is 41.8 Å². The largest absolute Gasteiger partial charge is 0.340 e. The molecule has 0 aliphatic carbocycles. The van der Waals surface area contributed by atoms with Crippen LogP contribution in [0, 0.1) is 5.82 Å². The Morgan fingerprint density at radius 1 is 1.30 bits per heavy atom. The maximum atomic E-state index is 13.1. The zero-order chi connectivity index (χ0) is 21.9. The minimum Gasteiger partial charge on any atom is -0.340 e. The van der Waals surface area contributed by atoms with Gasteiger partial charge in [-0.05, 0) is 70.1 Å². The highest BCUT2D eigenvalue weighted by atomic mass is 32.2. The standard InChI is InChI=1S/C21H29FN4O3S/c1-15(21(27)26(3)19-10-12-30(28,29)14-19)25(2)11-4-5-18-13-20(24-23-18)16-6-8-17(22)9-7-16/h6-9,13,15,19H,4-5,10-12,14H2,1-3H3,(H,23,24). The van der Waals surface area contributed by atoms with Crippen LogP contribution in [0.15, 0.2) is 30.3 Å². The summed E-state index contributed by atoms with van der Waals surface area (Å²) in [6, 6.07) is 7.62. The third kappa shape index (κ3) is 5.46. The lowest BCUT2D eigenvalue weighted by molar-refractivity contribution is -0.136. The van der Waals surface area contributed by atoms with E-state index >= 15 is 0 Å². The molecule has 1 N–H and O–H groups in total. The monoisotopic (exact) mass is 436 g/mol. The van der Waals surface area contributed by atoms with Crippen LogP contribution in [0.5, 0.6) is 0 Å². The second-order valence-electron chi connectivity index (χ2n) is 8.05. The first-order valence-corrected chi connectivity index (χ1v) is 12.0.